The lowest BCUT2D eigenvalue weighted by molar-refractivity contribution is 0.315. The predicted octanol–water partition coefficient (Wildman–Crippen LogP) is 3.09. The number of anilines is 2. The highest BCUT2D eigenvalue weighted by Gasteiger charge is 2.34. The van der Waals surface area contributed by atoms with E-state index in [1.165, 1.54) is 0 Å². The van der Waals surface area contributed by atoms with Crippen molar-refractivity contribution in [2.45, 2.75) is 38.1 Å². The Bertz CT molecular complexity index is 888. The fourth-order valence-electron chi connectivity index (χ4n) is 4.10. The molecule has 4 rings (SSSR count). The third-order valence-electron chi connectivity index (χ3n) is 5.75. The van der Waals surface area contributed by atoms with Crippen molar-refractivity contribution in [3.63, 3.8) is 0 Å². The Morgan fingerprint density at radius 2 is 1.92 bits per heavy atom. The minimum absolute atomic E-state index is 0.429. The van der Waals surface area contributed by atoms with E-state index in [1.54, 1.807) is 0 Å². The van der Waals surface area contributed by atoms with Gasteiger partial charge in [0, 0.05) is 39.1 Å². The van der Waals surface area contributed by atoms with E-state index in [2.05, 4.69) is 34.9 Å². The van der Waals surface area contributed by atoms with Crippen LogP contribution in [0.4, 0.5) is 11.4 Å². The van der Waals surface area contributed by atoms with Crippen molar-refractivity contribution in [2.24, 2.45) is 0 Å². The van der Waals surface area contributed by atoms with Crippen LogP contribution in [0.2, 0.25) is 0 Å². The van der Waals surface area contributed by atoms with Crippen molar-refractivity contribution in [1.82, 2.24) is 9.88 Å². The maximum atomic E-state index is 9.79. The zero-order chi connectivity index (χ0) is 18.6. The number of hydrogen-bond donors (Lipinski definition) is 0. The van der Waals surface area contributed by atoms with Crippen LogP contribution in [0, 0.1) is 18.3 Å². The van der Waals surface area contributed by atoms with Gasteiger partial charge in [0.2, 0.25) is 0 Å². The van der Waals surface area contributed by atoms with Crippen LogP contribution in [0.1, 0.15) is 42.2 Å². The monoisotopic (exact) mass is 353 g/mol. The van der Waals surface area contributed by atoms with Crippen LogP contribution in [0.25, 0.3) is 11.1 Å². The third-order valence-corrected chi connectivity index (χ3v) is 5.75. The number of hydrogen-bond acceptors (Lipinski definition) is 6. The summed E-state index contributed by atoms with van der Waals surface area (Å²) < 4.78 is 6.28. The van der Waals surface area contributed by atoms with Crippen LogP contribution >= 0.6 is 0 Å². The summed E-state index contributed by atoms with van der Waals surface area (Å²) in [4.78, 5) is 11.6. The average molecular weight is 353 g/mol. The number of aromatic nitrogens is 1. The van der Waals surface area contributed by atoms with Crippen molar-refractivity contribution < 1.29 is 4.42 Å². The van der Waals surface area contributed by atoms with Crippen molar-refractivity contribution in [2.75, 3.05) is 51.1 Å². The minimum atomic E-state index is 0.429. The zero-order valence-electron chi connectivity index (χ0n) is 16.3. The fourth-order valence-corrected chi connectivity index (χ4v) is 4.10. The van der Waals surface area contributed by atoms with E-state index in [0.717, 1.165) is 66.3 Å². The summed E-state index contributed by atoms with van der Waals surface area (Å²) >= 11 is 0. The lowest BCUT2D eigenvalue weighted by Gasteiger charge is -2.28. The van der Waals surface area contributed by atoms with Gasteiger partial charge in [-0.15, -0.1) is 0 Å². The smallest absolute Gasteiger partial charge is 0.198 e. The molecule has 6 nitrogen and oxygen atoms in total. The first-order chi connectivity index (χ1) is 12.4. The lowest BCUT2D eigenvalue weighted by Crippen LogP contribution is -2.32. The highest BCUT2D eigenvalue weighted by Crippen LogP contribution is 2.47. The Hall–Kier alpha value is -2.26. The van der Waals surface area contributed by atoms with Gasteiger partial charge >= 0.3 is 0 Å². The van der Waals surface area contributed by atoms with E-state index in [1.807, 2.05) is 21.0 Å². The Labute approximate surface area is 155 Å². The summed E-state index contributed by atoms with van der Waals surface area (Å²) in [5.41, 5.74) is 5.34. The largest absolute Gasteiger partial charge is 0.438 e. The molecule has 0 spiro atoms. The van der Waals surface area contributed by atoms with Crippen LogP contribution in [-0.4, -0.2) is 57.2 Å². The van der Waals surface area contributed by atoms with E-state index in [-0.39, 0.29) is 0 Å². The van der Waals surface area contributed by atoms with Crippen LogP contribution in [-0.2, 0) is 0 Å². The molecule has 0 radical (unpaired) electrons. The average Bonchev–Trinajstić information content (AvgIpc) is 3.16. The number of nitrogens with zero attached hydrogens (tertiary/aromatic N) is 5. The van der Waals surface area contributed by atoms with Crippen molar-refractivity contribution in [3.05, 3.63) is 17.0 Å². The van der Waals surface area contributed by atoms with Crippen molar-refractivity contribution in [1.29, 1.82) is 5.26 Å². The van der Waals surface area contributed by atoms with Gasteiger partial charge in [-0.3, -0.25) is 0 Å². The maximum absolute atomic E-state index is 9.79. The first kappa shape index (κ1) is 17.2. The Morgan fingerprint density at radius 3 is 2.46 bits per heavy atom. The first-order valence-electron chi connectivity index (χ1n) is 9.38. The quantitative estimate of drug-likeness (QED) is 0.842. The molecule has 0 bridgehead atoms. The fraction of sp³-hybridized carbons (Fsp3) is 0.600. The number of fused-ring (bicyclic) bond motifs is 1. The SMILES string of the molecule is Cc1c(N(C)C)c(N2CC[C@H](N(C)C)C2)c2oc(C3CC3)nc2c1C#N. The second-order valence-electron chi connectivity index (χ2n) is 8.06. The van der Waals surface area contributed by atoms with Gasteiger partial charge in [-0.1, -0.05) is 0 Å². The van der Waals surface area contributed by atoms with Crippen molar-refractivity contribution in [3.8, 4) is 6.07 Å². The number of benzene rings is 1. The summed E-state index contributed by atoms with van der Waals surface area (Å²) in [6.45, 7) is 3.99. The molecule has 2 aromatic rings. The lowest BCUT2D eigenvalue weighted by atomic mass is 10.0. The van der Waals surface area contributed by atoms with Crippen LogP contribution in [0.15, 0.2) is 4.42 Å². The first-order valence-corrected chi connectivity index (χ1v) is 9.38. The van der Waals surface area contributed by atoms with Gasteiger partial charge < -0.3 is 19.1 Å². The molecule has 1 aromatic heterocycles. The molecule has 0 unspecified atom stereocenters. The second-order valence-corrected chi connectivity index (χ2v) is 8.06. The molecule has 1 aliphatic carbocycles. The molecule has 6 heteroatoms. The van der Waals surface area contributed by atoms with E-state index in [0.29, 0.717) is 17.5 Å². The molecule has 2 aliphatic rings. The van der Waals surface area contributed by atoms with E-state index >= 15 is 0 Å². The summed E-state index contributed by atoms with van der Waals surface area (Å²) in [7, 11) is 8.35. The molecule has 1 saturated heterocycles. The number of rotatable bonds is 4. The summed E-state index contributed by atoms with van der Waals surface area (Å²) in [6.07, 6.45) is 3.40. The molecule has 1 saturated carbocycles. The van der Waals surface area contributed by atoms with Gasteiger partial charge in [0.1, 0.15) is 17.3 Å². The van der Waals surface area contributed by atoms with Crippen LogP contribution < -0.4 is 9.80 Å². The molecule has 2 heterocycles. The molecule has 0 N–H and O–H groups in total. The predicted molar refractivity (Wildman–Crippen MR) is 104 cm³/mol. The minimum Gasteiger partial charge on any atom is -0.438 e. The molecule has 26 heavy (non-hydrogen) atoms. The Kier molecular flexibility index (Phi) is 4.07. The van der Waals surface area contributed by atoms with Crippen molar-refractivity contribution >= 4 is 22.5 Å². The maximum Gasteiger partial charge on any atom is 0.198 e. The molecular weight excluding hydrogens is 326 g/mol. The molecule has 138 valence electrons. The Balaban J connectivity index is 1.94. The summed E-state index contributed by atoms with van der Waals surface area (Å²) in [5.74, 6) is 1.23. The third kappa shape index (κ3) is 2.62. The van der Waals surface area contributed by atoms with Gasteiger partial charge in [-0.05, 0) is 45.8 Å². The highest BCUT2D eigenvalue weighted by atomic mass is 16.4. The number of nitriles is 1. The Morgan fingerprint density at radius 1 is 1.19 bits per heavy atom. The van der Waals surface area contributed by atoms with Crippen LogP contribution in [0.3, 0.4) is 0 Å². The normalized spacial score (nSPS) is 20.2. The van der Waals surface area contributed by atoms with Crippen LogP contribution in [0.5, 0.6) is 0 Å². The molecule has 0 amide bonds. The van der Waals surface area contributed by atoms with Gasteiger partial charge in [0.05, 0.1) is 11.3 Å². The molecule has 1 atom stereocenters. The topological polar surface area (TPSA) is 59.5 Å². The molecular formula is C20H27N5O. The van der Waals surface area contributed by atoms with Gasteiger partial charge in [0.15, 0.2) is 11.5 Å². The van der Waals surface area contributed by atoms with Gasteiger partial charge in [-0.25, -0.2) is 4.98 Å². The van der Waals surface area contributed by atoms with E-state index in [4.69, 9.17) is 9.40 Å². The highest BCUT2D eigenvalue weighted by molar-refractivity contribution is 6.00. The summed E-state index contributed by atoms with van der Waals surface area (Å²) in [5, 5.41) is 9.79. The summed E-state index contributed by atoms with van der Waals surface area (Å²) in [6, 6.07) is 2.90. The van der Waals surface area contributed by atoms with E-state index in [9.17, 15) is 5.26 Å². The zero-order valence-corrected chi connectivity index (χ0v) is 16.3. The molecule has 1 aliphatic heterocycles. The molecule has 2 fully saturated rings. The standard InChI is InChI=1S/C20H27N5O/c1-12-15(10-21)16-19(26-20(22-16)13-6-7-13)18(17(12)24(4)5)25-9-8-14(11-25)23(2)3/h13-14H,6-9,11H2,1-5H3/t14-/m0/s1. The van der Waals surface area contributed by atoms with Gasteiger partial charge in [-0.2, -0.15) is 5.26 Å². The van der Waals surface area contributed by atoms with E-state index < -0.39 is 0 Å². The van der Waals surface area contributed by atoms with Gasteiger partial charge in [0.25, 0.3) is 0 Å². The number of oxazole rings is 1. The second kappa shape index (κ2) is 6.17. The molecule has 1 aromatic carbocycles. The number of likely N-dealkylation sites (N-methyl/N-ethyl adjacent to an activating group) is 1.